The van der Waals surface area contributed by atoms with Crippen molar-refractivity contribution in [1.29, 1.82) is 0 Å². The molecule has 1 aromatic carbocycles. The molecule has 2 N–H and O–H groups in total. The number of rotatable bonds is 11. The number of nitro benzene ring substituents is 1. The number of halogens is 1. The first kappa shape index (κ1) is 23.4. The van der Waals surface area contributed by atoms with Crippen molar-refractivity contribution >= 4 is 41.3 Å². The van der Waals surface area contributed by atoms with Gasteiger partial charge in [0.1, 0.15) is 0 Å². The summed E-state index contributed by atoms with van der Waals surface area (Å²) in [7, 11) is 2.01. The molecule has 152 valence electrons. The quantitative estimate of drug-likeness (QED) is 0.124. The summed E-state index contributed by atoms with van der Waals surface area (Å²) in [5.74, 6) is 1.64. The van der Waals surface area contributed by atoms with Crippen molar-refractivity contribution in [2.75, 3.05) is 51.8 Å². The Morgan fingerprint density at radius 1 is 1.37 bits per heavy atom. The van der Waals surface area contributed by atoms with Crippen molar-refractivity contribution < 1.29 is 9.66 Å². The van der Waals surface area contributed by atoms with Gasteiger partial charge in [0, 0.05) is 51.1 Å². The molecular formula is C18H30IN5O3. The third-order valence-corrected chi connectivity index (χ3v) is 4.10. The lowest BCUT2D eigenvalue weighted by molar-refractivity contribution is -0.384. The van der Waals surface area contributed by atoms with E-state index in [2.05, 4.69) is 20.5 Å². The highest BCUT2D eigenvalue weighted by atomic mass is 127. The summed E-state index contributed by atoms with van der Waals surface area (Å²) in [6.45, 7) is 6.49. The van der Waals surface area contributed by atoms with Crippen LogP contribution in [0.4, 0.5) is 11.4 Å². The monoisotopic (exact) mass is 491 g/mol. The average Bonchev–Trinajstić information content (AvgIpc) is 3.46. The summed E-state index contributed by atoms with van der Waals surface area (Å²) in [5.41, 5.74) is 0.936. The molecule has 8 nitrogen and oxygen atoms in total. The topological polar surface area (TPSA) is 92.0 Å². The predicted molar refractivity (Wildman–Crippen MR) is 119 cm³/mol. The Hall–Kier alpha value is -1.62. The van der Waals surface area contributed by atoms with Crippen LogP contribution in [0.5, 0.6) is 0 Å². The Morgan fingerprint density at radius 2 is 2.07 bits per heavy atom. The van der Waals surface area contributed by atoms with Crippen LogP contribution in [0.3, 0.4) is 0 Å². The summed E-state index contributed by atoms with van der Waals surface area (Å²) in [4.78, 5) is 16.9. The average molecular weight is 491 g/mol. The minimum Gasteiger partial charge on any atom is -0.383 e. The second-order valence-corrected chi connectivity index (χ2v) is 6.41. The zero-order chi connectivity index (χ0) is 18.8. The Morgan fingerprint density at radius 3 is 2.67 bits per heavy atom. The molecule has 1 aromatic rings. The molecule has 0 spiro atoms. The van der Waals surface area contributed by atoms with Crippen LogP contribution in [0.2, 0.25) is 0 Å². The van der Waals surface area contributed by atoms with Gasteiger partial charge in [0.25, 0.3) is 5.69 Å². The highest BCUT2D eigenvalue weighted by Gasteiger charge is 2.21. The van der Waals surface area contributed by atoms with E-state index in [0.29, 0.717) is 19.7 Å². The number of nitrogens with zero attached hydrogens (tertiary/aromatic N) is 3. The van der Waals surface area contributed by atoms with E-state index in [4.69, 9.17) is 4.74 Å². The van der Waals surface area contributed by atoms with Crippen LogP contribution in [0.25, 0.3) is 0 Å². The van der Waals surface area contributed by atoms with Gasteiger partial charge in [-0.2, -0.15) is 0 Å². The third kappa shape index (κ3) is 9.23. The van der Waals surface area contributed by atoms with Gasteiger partial charge in [-0.05, 0) is 37.8 Å². The van der Waals surface area contributed by atoms with Gasteiger partial charge in [0.05, 0.1) is 18.1 Å². The van der Waals surface area contributed by atoms with Gasteiger partial charge in [-0.1, -0.05) is 0 Å². The minimum atomic E-state index is -0.402. The van der Waals surface area contributed by atoms with E-state index in [9.17, 15) is 10.1 Å². The molecule has 0 aromatic heterocycles. The number of hydrogen-bond acceptors (Lipinski definition) is 5. The van der Waals surface area contributed by atoms with E-state index in [1.54, 1.807) is 12.1 Å². The van der Waals surface area contributed by atoms with Crippen LogP contribution < -0.4 is 10.6 Å². The molecule has 0 unspecified atom stereocenters. The summed E-state index contributed by atoms with van der Waals surface area (Å²) in [6.07, 6.45) is 2.61. The van der Waals surface area contributed by atoms with Crippen molar-refractivity contribution in [2.24, 2.45) is 10.9 Å². The Balaban J connectivity index is 0.00000364. The normalized spacial score (nSPS) is 13.6. The highest BCUT2D eigenvalue weighted by molar-refractivity contribution is 14.0. The minimum absolute atomic E-state index is 0. The van der Waals surface area contributed by atoms with Crippen LogP contribution in [0.15, 0.2) is 29.3 Å². The van der Waals surface area contributed by atoms with Crippen molar-refractivity contribution in [1.82, 2.24) is 10.2 Å². The zero-order valence-electron chi connectivity index (χ0n) is 16.0. The van der Waals surface area contributed by atoms with E-state index in [1.165, 1.54) is 25.0 Å². The van der Waals surface area contributed by atoms with Gasteiger partial charge in [0.2, 0.25) is 0 Å². The maximum atomic E-state index is 10.7. The molecule has 1 aliphatic carbocycles. The Labute approximate surface area is 177 Å². The number of guanidine groups is 1. The number of nitrogens with one attached hydrogen (secondary N) is 2. The summed E-state index contributed by atoms with van der Waals surface area (Å²) in [6, 6.07) is 6.39. The third-order valence-electron chi connectivity index (χ3n) is 4.10. The molecule has 1 saturated carbocycles. The molecule has 0 amide bonds. The van der Waals surface area contributed by atoms with E-state index in [0.717, 1.165) is 37.3 Å². The first-order valence-electron chi connectivity index (χ1n) is 9.15. The molecule has 2 rings (SSSR count). The standard InChI is InChI=1S/C18H29N5O3.HI/c1-3-19-18(22(2)12-13-26-14-15-4-5-15)21-11-10-20-16-6-8-17(9-7-16)23(24)25;/h6-9,15,20H,3-5,10-14H2,1-2H3,(H,19,21);1H. The number of non-ortho nitro benzene ring substituents is 1. The van der Waals surface area contributed by atoms with Gasteiger partial charge in [-0.25, -0.2) is 0 Å². The van der Waals surface area contributed by atoms with Gasteiger partial charge in [-0.3, -0.25) is 15.1 Å². The molecule has 27 heavy (non-hydrogen) atoms. The molecule has 0 bridgehead atoms. The van der Waals surface area contributed by atoms with Gasteiger partial charge in [0.15, 0.2) is 5.96 Å². The van der Waals surface area contributed by atoms with Crippen molar-refractivity contribution in [3.05, 3.63) is 34.4 Å². The highest BCUT2D eigenvalue weighted by Crippen LogP contribution is 2.28. The Bertz CT molecular complexity index is 593. The number of nitro groups is 1. The Kier molecular flexibility index (Phi) is 11.0. The SMILES string of the molecule is CCNC(=NCCNc1ccc([N+](=O)[O-])cc1)N(C)CCOCC1CC1.I. The fraction of sp³-hybridized carbons (Fsp3) is 0.611. The first-order valence-corrected chi connectivity index (χ1v) is 9.15. The number of aliphatic imine (C=N–C) groups is 1. The van der Waals surface area contributed by atoms with Crippen molar-refractivity contribution in [3.63, 3.8) is 0 Å². The fourth-order valence-electron chi connectivity index (χ4n) is 2.37. The lowest BCUT2D eigenvalue weighted by Crippen LogP contribution is -2.41. The lowest BCUT2D eigenvalue weighted by Gasteiger charge is -2.22. The van der Waals surface area contributed by atoms with Crippen LogP contribution in [-0.2, 0) is 4.74 Å². The number of anilines is 1. The van der Waals surface area contributed by atoms with E-state index >= 15 is 0 Å². The fourth-order valence-corrected chi connectivity index (χ4v) is 2.37. The second-order valence-electron chi connectivity index (χ2n) is 6.41. The van der Waals surface area contributed by atoms with Crippen molar-refractivity contribution in [2.45, 2.75) is 19.8 Å². The zero-order valence-corrected chi connectivity index (χ0v) is 18.3. The molecule has 9 heteroatoms. The summed E-state index contributed by atoms with van der Waals surface area (Å²) >= 11 is 0. The number of likely N-dealkylation sites (N-methyl/N-ethyl adjacent to an activating group) is 1. The van der Waals surface area contributed by atoms with E-state index in [-0.39, 0.29) is 29.7 Å². The molecule has 0 heterocycles. The molecular weight excluding hydrogens is 461 g/mol. The lowest BCUT2D eigenvalue weighted by atomic mass is 10.3. The predicted octanol–water partition coefficient (Wildman–Crippen LogP) is 2.95. The number of benzene rings is 1. The van der Waals surface area contributed by atoms with Crippen molar-refractivity contribution in [3.8, 4) is 0 Å². The van der Waals surface area contributed by atoms with Gasteiger partial charge < -0.3 is 20.3 Å². The molecule has 1 aliphatic rings. The summed E-state index contributed by atoms with van der Waals surface area (Å²) in [5, 5.41) is 17.1. The number of ether oxygens (including phenoxy) is 1. The van der Waals surface area contributed by atoms with E-state index in [1.807, 2.05) is 14.0 Å². The maximum absolute atomic E-state index is 10.7. The molecule has 0 aliphatic heterocycles. The van der Waals surface area contributed by atoms with Gasteiger partial charge in [-0.15, -0.1) is 24.0 Å². The first-order chi connectivity index (χ1) is 12.6. The van der Waals surface area contributed by atoms with Crippen LogP contribution in [0.1, 0.15) is 19.8 Å². The summed E-state index contributed by atoms with van der Waals surface area (Å²) < 4.78 is 5.68. The maximum Gasteiger partial charge on any atom is 0.269 e. The smallest absolute Gasteiger partial charge is 0.269 e. The van der Waals surface area contributed by atoms with E-state index < -0.39 is 4.92 Å². The largest absolute Gasteiger partial charge is 0.383 e. The molecule has 0 saturated heterocycles. The van der Waals surface area contributed by atoms with Gasteiger partial charge >= 0.3 is 0 Å². The second kappa shape index (κ2) is 12.7. The number of hydrogen-bond donors (Lipinski definition) is 2. The van der Waals surface area contributed by atoms with Crippen LogP contribution >= 0.6 is 24.0 Å². The molecule has 1 fully saturated rings. The van der Waals surface area contributed by atoms with Crippen LogP contribution in [-0.4, -0.2) is 62.2 Å². The van der Waals surface area contributed by atoms with Crippen LogP contribution in [0, 0.1) is 16.0 Å². The molecule has 0 atom stereocenters. The molecule has 0 radical (unpaired) electrons.